The number of methoxy groups -OCH3 is 1. The molecule has 0 radical (unpaired) electrons. The van der Waals surface area contributed by atoms with Gasteiger partial charge in [0.25, 0.3) is 0 Å². The highest BCUT2D eigenvalue weighted by Crippen LogP contribution is 2.29. The molecule has 0 spiro atoms. The van der Waals surface area contributed by atoms with E-state index in [1.54, 1.807) is 31.4 Å². The molecular formula is C21H22ClNO4. The summed E-state index contributed by atoms with van der Waals surface area (Å²) >= 11 is 6.07. The van der Waals surface area contributed by atoms with Gasteiger partial charge >= 0.3 is 0 Å². The zero-order valence-electron chi connectivity index (χ0n) is 15.1. The number of hydrogen-bond donors (Lipinski definition) is 1. The van der Waals surface area contributed by atoms with Crippen molar-refractivity contribution in [3.63, 3.8) is 0 Å². The van der Waals surface area contributed by atoms with E-state index in [1.807, 2.05) is 24.3 Å². The van der Waals surface area contributed by atoms with E-state index in [-0.39, 0.29) is 12.0 Å². The van der Waals surface area contributed by atoms with Gasteiger partial charge in [-0.15, -0.1) is 0 Å². The maximum absolute atomic E-state index is 12.3. The molecule has 3 rings (SSSR count). The van der Waals surface area contributed by atoms with Gasteiger partial charge in [-0.1, -0.05) is 29.8 Å². The molecule has 1 saturated heterocycles. The summed E-state index contributed by atoms with van der Waals surface area (Å²) in [5.74, 6) is 0.976. The molecule has 5 nitrogen and oxygen atoms in total. The Morgan fingerprint density at radius 2 is 2.15 bits per heavy atom. The Hall–Kier alpha value is -2.50. The predicted molar refractivity (Wildman–Crippen MR) is 107 cm³/mol. The standard InChI is InChI=1S/C21H22ClNO4/c1-25-19-7-3-2-5-15(19)8-11-21(24)23-18-13-16(22)9-10-20(18)27-14-17-6-4-12-26-17/h2-3,5,7-11,13,17H,4,6,12,14H2,1H3,(H,23,24). The minimum atomic E-state index is -0.287. The number of halogens is 1. The minimum Gasteiger partial charge on any atom is -0.496 e. The molecule has 1 aliphatic rings. The fraction of sp³-hybridized carbons (Fsp3) is 0.286. The number of hydrogen-bond acceptors (Lipinski definition) is 4. The first kappa shape index (κ1) is 19.3. The number of anilines is 1. The van der Waals surface area contributed by atoms with Gasteiger partial charge in [-0.2, -0.15) is 0 Å². The second-order valence-corrected chi connectivity index (χ2v) is 6.59. The molecular weight excluding hydrogens is 366 g/mol. The molecule has 2 aromatic rings. The van der Waals surface area contributed by atoms with Crippen molar-refractivity contribution >= 4 is 29.3 Å². The highest BCUT2D eigenvalue weighted by Gasteiger charge is 2.17. The van der Waals surface area contributed by atoms with E-state index in [9.17, 15) is 4.79 Å². The van der Waals surface area contributed by atoms with E-state index < -0.39 is 0 Å². The van der Waals surface area contributed by atoms with Crippen molar-refractivity contribution in [1.82, 2.24) is 0 Å². The van der Waals surface area contributed by atoms with Crippen molar-refractivity contribution in [2.24, 2.45) is 0 Å². The Balaban J connectivity index is 1.67. The van der Waals surface area contributed by atoms with Crippen LogP contribution in [-0.2, 0) is 9.53 Å². The second kappa shape index (κ2) is 9.44. The highest BCUT2D eigenvalue weighted by atomic mass is 35.5. The lowest BCUT2D eigenvalue weighted by atomic mass is 10.2. The lowest BCUT2D eigenvalue weighted by Gasteiger charge is -2.15. The molecule has 1 heterocycles. The molecule has 0 aromatic heterocycles. The first-order valence-electron chi connectivity index (χ1n) is 8.82. The van der Waals surface area contributed by atoms with Crippen molar-refractivity contribution in [3.05, 3.63) is 59.1 Å². The maximum atomic E-state index is 12.3. The Morgan fingerprint density at radius 3 is 2.93 bits per heavy atom. The molecule has 2 aromatic carbocycles. The zero-order chi connectivity index (χ0) is 19.1. The van der Waals surface area contributed by atoms with Gasteiger partial charge in [0.05, 0.1) is 18.9 Å². The van der Waals surface area contributed by atoms with Crippen LogP contribution in [0.5, 0.6) is 11.5 Å². The van der Waals surface area contributed by atoms with Gasteiger partial charge in [-0.25, -0.2) is 0 Å². The summed E-state index contributed by atoms with van der Waals surface area (Å²) in [5, 5.41) is 3.33. The van der Waals surface area contributed by atoms with Crippen LogP contribution in [0.2, 0.25) is 5.02 Å². The summed E-state index contributed by atoms with van der Waals surface area (Å²) in [5.41, 5.74) is 1.34. The molecule has 27 heavy (non-hydrogen) atoms. The quantitative estimate of drug-likeness (QED) is 0.707. The van der Waals surface area contributed by atoms with Crippen molar-refractivity contribution in [1.29, 1.82) is 0 Å². The van der Waals surface area contributed by atoms with E-state index in [1.165, 1.54) is 6.08 Å². The lowest BCUT2D eigenvalue weighted by Crippen LogP contribution is -2.17. The normalized spacial score (nSPS) is 16.4. The van der Waals surface area contributed by atoms with Crippen LogP contribution in [-0.4, -0.2) is 32.3 Å². The van der Waals surface area contributed by atoms with Crippen LogP contribution in [0, 0.1) is 0 Å². The number of carbonyl (C=O) groups is 1. The van der Waals surface area contributed by atoms with Crippen LogP contribution in [0.3, 0.4) is 0 Å². The summed E-state index contributed by atoms with van der Waals surface area (Å²) in [6.45, 7) is 1.22. The van der Waals surface area contributed by atoms with E-state index >= 15 is 0 Å². The number of para-hydroxylation sites is 1. The molecule has 0 bridgehead atoms. The topological polar surface area (TPSA) is 56.8 Å². The third-order valence-electron chi connectivity index (χ3n) is 4.20. The van der Waals surface area contributed by atoms with Gasteiger partial charge in [0.2, 0.25) is 5.91 Å². The summed E-state index contributed by atoms with van der Waals surface area (Å²) in [6.07, 6.45) is 5.27. The Kier molecular flexibility index (Phi) is 6.74. The molecule has 0 saturated carbocycles. The van der Waals surface area contributed by atoms with Crippen molar-refractivity contribution in [2.45, 2.75) is 18.9 Å². The van der Waals surface area contributed by atoms with Crippen LogP contribution in [0.4, 0.5) is 5.69 Å². The minimum absolute atomic E-state index is 0.0923. The van der Waals surface area contributed by atoms with E-state index in [0.717, 1.165) is 25.0 Å². The molecule has 0 aliphatic carbocycles. The van der Waals surface area contributed by atoms with E-state index in [0.29, 0.717) is 28.8 Å². The summed E-state index contributed by atoms with van der Waals surface area (Å²) in [7, 11) is 1.59. The fourth-order valence-electron chi connectivity index (χ4n) is 2.83. The van der Waals surface area contributed by atoms with E-state index in [4.69, 9.17) is 25.8 Å². The molecule has 1 amide bonds. The molecule has 1 unspecified atom stereocenters. The van der Waals surface area contributed by atoms with Gasteiger partial charge in [-0.05, 0) is 43.2 Å². The van der Waals surface area contributed by atoms with E-state index in [2.05, 4.69) is 5.32 Å². The van der Waals surface area contributed by atoms with Crippen molar-refractivity contribution < 1.29 is 19.0 Å². The average Bonchev–Trinajstić information content (AvgIpc) is 3.19. The van der Waals surface area contributed by atoms with Gasteiger partial charge in [0, 0.05) is 23.3 Å². The summed E-state index contributed by atoms with van der Waals surface area (Å²) in [6, 6.07) is 12.6. The number of ether oxygens (including phenoxy) is 3. The molecule has 6 heteroatoms. The largest absolute Gasteiger partial charge is 0.496 e. The number of amides is 1. The van der Waals surface area contributed by atoms with Crippen LogP contribution in [0.25, 0.3) is 6.08 Å². The summed E-state index contributed by atoms with van der Waals surface area (Å²) in [4.78, 5) is 12.3. The molecule has 1 N–H and O–H groups in total. The van der Waals surface area contributed by atoms with Crippen LogP contribution in [0.15, 0.2) is 48.5 Å². The lowest BCUT2D eigenvalue weighted by molar-refractivity contribution is -0.111. The first-order valence-corrected chi connectivity index (χ1v) is 9.19. The first-order chi connectivity index (χ1) is 13.2. The summed E-state index contributed by atoms with van der Waals surface area (Å²) < 4.78 is 16.7. The third-order valence-corrected chi connectivity index (χ3v) is 4.44. The third kappa shape index (κ3) is 5.49. The fourth-order valence-corrected chi connectivity index (χ4v) is 3.00. The highest BCUT2D eigenvalue weighted by molar-refractivity contribution is 6.31. The van der Waals surface area contributed by atoms with Crippen LogP contribution in [0.1, 0.15) is 18.4 Å². The number of nitrogens with one attached hydrogen (secondary N) is 1. The SMILES string of the molecule is COc1ccccc1C=CC(=O)Nc1cc(Cl)ccc1OCC1CCCO1. The van der Waals surface area contributed by atoms with Gasteiger partial charge in [-0.3, -0.25) is 4.79 Å². The Labute approximate surface area is 163 Å². The average molecular weight is 388 g/mol. The smallest absolute Gasteiger partial charge is 0.248 e. The molecule has 142 valence electrons. The number of rotatable bonds is 7. The van der Waals surface area contributed by atoms with Gasteiger partial charge < -0.3 is 19.5 Å². The van der Waals surface area contributed by atoms with Crippen LogP contribution < -0.4 is 14.8 Å². The Morgan fingerprint density at radius 1 is 1.30 bits per heavy atom. The second-order valence-electron chi connectivity index (χ2n) is 6.15. The zero-order valence-corrected chi connectivity index (χ0v) is 15.9. The molecule has 1 fully saturated rings. The predicted octanol–water partition coefficient (Wildman–Crippen LogP) is 4.56. The van der Waals surface area contributed by atoms with Gasteiger partial charge in [0.1, 0.15) is 18.1 Å². The number of carbonyl (C=O) groups excluding carboxylic acids is 1. The number of benzene rings is 2. The van der Waals surface area contributed by atoms with Crippen molar-refractivity contribution in [3.8, 4) is 11.5 Å². The monoisotopic (exact) mass is 387 g/mol. The molecule has 1 atom stereocenters. The van der Waals surface area contributed by atoms with Crippen molar-refractivity contribution in [2.75, 3.05) is 25.6 Å². The molecule has 1 aliphatic heterocycles. The maximum Gasteiger partial charge on any atom is 0.248 e. The van der Waals surface area contributed by atoms with Crippen LogP contribution >= 0.6 is 11.6 Å². The van der Waals surface area contributed by atoms with Gasteiger partial charge in [0.15, 0.2) is 0 Å². The Bertz CT molecular complexity index is 816.